The molecular weight excluding hydrogens is 524 g/mol. The van der Waals surface area contributed by atoms with Gasteiger partial charge < -0.3 is 19.9 Å². The molecule has 40 heavy (non-hydrogen) atoms. The Balaban J connectivity index is 1.23. The van der Waals surface area contributed by atoms with Crippen molar-refractivity contribution < 1.29 is 9.26 Å². The fraction of sp³-hybridized carbons (Fsp3) is 0.621. The van der Waals surface area contributed by atoms with Crippen LogP contribution >= 0.6 is 11.3 Å². The number of hydrogen-bond donors (Lipinski definition) is 1. The molecule has 6 heterocycles. The molecule has 3 aromatic rings. The van der Waals surface area contributed by atoms with Crippen LogP contribution in [0.3, 0.4) is 0 Å². The number of anilines is 2. The first-order valence-electron chi connectivity index (χ1n) is 14.7. The number of ether oxygens (including phenoxy) is 1. The van der Waals surface area contributed by atoms with Crippen LogP contribution in [-0.4, -0.2) is 63.3 Å². The predicted molar refractivity (Wildman–Crippen MR) is 152 cm³/mol. The molecule has 1 aliphatic carbocycles. The Bertz CT molecular complexity index is 1440. The molecule has 3 saturated heterocycles. The number of fused-ring (bicyclic) bond motifs is 2. The highest BCUT2D eigenvalue weighted by molar-refractivity contribution is 7.16. The molecule has 10 nitrogen and oxygen atoms in total. The SMILES string of the molecule is C[C@]1(c2nc(-c3cc(N4CCCCC4)nc(OCC45CCCN4CCC5)n3)no2)CCCc2sc(N)c(C#N)c21. The maximum atomic E-state index is 9.87. The minimum atomic E-state index is -0.576. The first-order valence-corrected chi connectivity index (χ1v) is 15.5. The third-order valence-corrected chi connectivity index (χ3v) is 10.6. The lowest BCUT2D eigenvalue weighted by atomic mass is 9.72. The minimum Gasteiger partial charge on any atom is -0.461 e. The van der Waals surface area contributed by atoms with Gasteiger partial charge in [0.25, 0.3) is 0 Å². The highest BCUT2D eigenvalue weighted by Crippen LogP contribution is 2.48. The summed E-state index contributed by atoms with van der Waals surface area (Å²) in [5.41, 5.74) is 7.84. The summed E-state index contributed by atoms with van der Waals surface area (Å²) in [4.78, 5) is 20.6. The Labute approximate surface area is 238 Å². The predicted octanol–water partition coefficient (Wildman–Crippen LogP) is 4.68. The molecule has 0 radical (unpaired) electrons. The van der Waals surface area contributed by atoms with Gasteiger partial charge in [0, 0.05) is 29.6 Å². The van der Waals surface area contributed by atoms with E-state index < -0.39 is 5.41 Å². The highest BCUT2D eigenvalue weighted by Gasteiger charge is 2.45. The molecule has 4 aliphatic rings. The topological polar surface area (TPSA) is 130 Å². The third kappa shape index (κ3) is 4.23. The molecule has 11 heteroatoms. The average molecular weight is 561 g/mol. The highest BCUT2D eigenvalue weighted by atomic mass is 32.1. The molecule has 0 aromatic carbocycles. The second-order valence-electron chi connectivity index (χ2n) is 12.0. The lowest BCUT2D eigenvalue weighted by molar-refractivity contribution is 0.107. The molecule has 0 unspecified atom stereocenters. The monoisotopic (exact) mass is 560 g/mol. The average Bonchev–Trinajstić information content (AvgIpc) is 3.75. The second-order valence-corrected chi connectivity index (χ2v) is 13.1. The van der Waals surface area contributed by atoms with Crippen molar-refractivity contribution >= 4 is 22.2 Å². The van der Waals surface area contributed by atoms with Crippen molar-refractivity contribution in [2.24, 2.45) is 0 Å². The van der Waals surface area contributed by atoms with Crippen molar-refractivity contribution in [1.29, 1.82) is 5.26 Å². The number of aromatic nitrogens is 4. The van der Waals surface area contributed by atoms with Gasteiger partial charge in [0.2, 0.25) is 11.7 Å². The van der Waals surface area contributed by atoms with Crippen molar-refractivity contribution in [3.05, 3.63) is 28.0 Å². The molecule has 7 rings (SSSR count). The number of nitrogens with zero attached hydrogens (tertiary/aromatic N) is 7. The molecule has 0 amide bonds. The summed E-state index contributed by atoms with van der Waals surface area (Å²) in [6, 6.07) is 4.65. The molecular formula is C29H36N8O2S. The summed E-state index contributed by atoms with van der Waals surface area (Å²) in [5.74, 6) is 1.75. The summed E-state index contributed by atoms with van der Waals surface area (Å²) >= 11 is 1.50. The van der Waals surface area contributed by atoms with Gasteiger partial charge in [0.15, 0.2) is 0 Å². The van der Waals surface area contributed by atoms with Crippen LogP contribution in [0.5, 0.6) is 6.01 Å². The van der Waals surface area contributed by atoms with E-state index in [1.165, 1.54) is 30.6 Å². The molecule has 2 N–H and O–H groups in total. The lowest BCUT2D eigenvalue weighted by Crippen LogP contribution is -2.43. The van der Waals surface area contributed by atoms with Gasteiger partial charge in [0.05, 0.1) is 16.5 Å². The number of nitriles is 1. The van der Waals surface area contributed by atoms with Crippen LogP contribution in [-0.2, 0) is 11.8 Å². The van der Waals surface area contributed by atoms with Gasteiger partial charge in [-0.3, -0.25) is 4.90 Å². The lowest BCUT2D eigenvalue weighted by Gasteiger charge is -2.31. The number of nitrogen functional groups attached to an aromatic ring is 1. The molecule has 3 aliphatic heterocycles. The van der Waals surface area contributed by atoms with Gasteiger partial charge in [-0.05, 0) is 84.2 Å². The summed E-state index contributed by atoms with van der Waals surface area (Å²) in [6.45, 7) is 6.91. The summed E-state index contributed by atoms with van der Waals surface area (Å²) in [6.07, 6.45) is 11.0. The van der Waals surface area contributed by atoms with E-state index in [2.05, 4.69) is 27.9 Å². The second kappa shape index (κ2) is 10.00. The number of aryl methyl sites for hydroxylation is 1. The van der Waals surface area contributed by atoms with Crippen molar-refractivity contribution in [3.63, 3.8) is 0 Å². The maximum absolute atomic E-state index is 9.87. The number of nitrogens with two attached hydrogens (primary N) is 1. The van der Waals surface area contributed by atoms with Crippen LogP contribution in [0.2, 0.25) is 0 Å². The van der Waals surface area contributed by atoms with E-state index in [4.69, 9.17) is 29.9 Å². The maximum Gasteiger partial charge on any atom is 0.319 e. The van der Waals surface area contributed by atoms with E-state index in [0.717, 1.165) is 87.4 Å². The summed E-state index contributed by atoms with van der Waals surface area (Å²) in [7, 11) is 0. The molecule has 210 valence electrons. The smallest absolute Gasteiger partial charge is 0.319 e. The largest absolute Gasteiger partial charge is 0.461 e. The first kappa shape index (κ1) is 25.7. The Morgan fingerprint density at radius 2 is 1.85 bits per heavy atom. The zero-order valence-electron chi connectivity index (χ0n) is 23.1. The zero-order chi connectivity index (χ0) is 27.3. The Kier molecular flexibility index (Phi) is 6.43. The fourth-order valence-corrected chi connectivity index (χ4v) is 8.59. The van der Waals surface area contributed by atoms with Crippen LogP contribution in [0.4, 0.5) is 10.8 Å². The van der Waals surface area contributed by atoms with Crippen LogP contribution in [0.25, 0.3) is 11.5 Å². The van der Waals surface area contributed by atoms with Crippen LogP contribution < -0.4 is 15.4 Å². The Morgan fingerprint density at radius 1 is 1.05 bits per heavy atom. The van der Waals surface area contributed by atoms with E-state index in [1.807, 2.05) is 6.07 Å². The van der Waals surface area contributed by atoms with Gasteiger partial charge in [-0.1, -0.05) is 5.16 Å². The van der Waals surface area contributed by atoms with Gasteiger partial charge >= 0.3 is 6.01 Å². The molecule has 3 fully saturated rings. The van der Waals surface area contributed by atoms with E-state index in [-0.39, 0.29) is 5.54 Å². The van der Waals surface area contributed by atoms with Gasteiger partial charge in [-0.15, -0.1) is 11.3 Å². The van der Waals surface area contributed by atoms with Gasteiger partial charge in [-0.25, -0.2) is 0 Å². The van der Waals surface area contributed by atoms with Crippen molar-refractivity contribution in [3.8, 4) is 23.6 Å². The van der Waals surface area contributed by atoms with E-state index in [1.54, 1.807) is 0 Å². The summed E-state index contributed by atoms with van der Waals surface area (Å²) < 4.78 is 12.3. The van der Waals surface area contributed by atoms with E-state index in [9.17, 15) is 5.26 Å². The van der Waals surface area contributed by atoms with Crippen molar-refractivity contribution in [1.82, 2.24) is 25.0 Å². The third-order valence-electron chi connectivity index (χ3n) is 9.53. The molecule has 3 aromatic heterocycles. The quantitative estimate of drug-likeness (QED) is 0.453. The molecule has 0 saturated carbocycles. The first-order chi connectivity index (χ1) is 19.5. The fourth-order valence-electron chi connectivity index (χ4n) is 7.40. The number of piperidine rings is 1. The zero-order valence-corrected chi connectivity index (χ0v) is 23.9. The Hall–Kier alpha value is -3.23. The molecule has 1 atom stereocenters. The van der Waals surface area contributed by atoms with Gasteiger partial charge in [0.1, 0.15) is 29.2 Å². The van der Waals surface area contributed by atoms with E-state index >= 15 is 0 Å². The van der Waals surface area contributed by atoms with E-state index in [0.29, 0.717) is 40.6 Å². The van der Waals surface area contributed by atoms with Crippen LogP contribution in [0.15, 0.2) is 10.6 Å². The van der Waals surface area contributed by atoms with Crippen molar-refractivity contribution in [2.45, 2.75) is 82.1 Å². The molecule has 0 spiro atoms. The normalized spacial score (nSPS) is 24.1. The number of hydrogen-bond acceptors (Lipinski definition) is 11. The number of rotatable bonds is 6. The van der Waals surface area contributed by atoms with Crippen LogP contribution in [0, 0.1) is 11.3 Å². The Morgan fingerprint density at radius 3 is 2.62 bits per heavy atom. The molecule has 0 bridgehead atoms. The summed E-state index contributed by atoms with van der Waals surface area (Å²) in [5, 5.41) is 14.8. The van der Waals surface area contributed by atoms with Crippen LogP contribution in [0.1, 0.15) is 86.6 Å². The van der Waals surface area contributed by atoms with Crippen molar-refractivity contribution in [2.75, 3.05) is 43.4 Å². The standard InChI is InChI=1S/C29H36N8O2S/c1-28(9-5-8-21-23(28)19(17-30)24(31)40-21)26-34-25(35-39-26)20-16-22(36-12-3-2-4-13-36)33-27(32-20)38-18-29-10-6-14-37(29)15-7-11-29/h16H,2-15,18,31H2,1H3/t28-/m0/s1. The van der Waals surface area contributed by atoms with Gasteiger partial charge in [-0.2, -0.15) is 20.2 Å². The minimum absolute atomic E-state index is 0.109. The number of thiophene rings is 1.